The van der Waals surface area contributed by atoms with Gasteiger partial charge in [-0.05, 0) is 18.9 Å². The summed E-state index contributed by atoms with van der Waals surface area (Å²) in [4.78, 5) is 11.3. The molecule has 1 aromatic rings. The highest BCUT2D eigenvalue weighted by molar-refractivity contribution is 5.82. The quantitative estimate of drug-likeness (QED) is 0.830. The summed E-state index contributed by atoms with van der Waals surface area (Å²) in [5.41, 5.74) is 3.18. The molecule has 0 bridgehead atoms. The molecule has 100 valence electrons. The topological polar surface area (TPSA) is 81.1 Å². The Hall–Kier alpha value is -1.57. The summed E-state index contributed by atoms with van der Waals surface area (Å²) in [5.74, 6) is -1.17. The number of hydrogen-bond acceptors (Lipinski definition) is 3. The molecule has 0 aromatic carbocycles. The van der Waals surface area contributed by atoms with E-state index in [9.17, 15) is 23.1 Å². The Morgan fingerprint density at radius 2 is 2.17 bits per heavy atom. The van der Waals surface area contributed by atoms with E-state index < -0.39 is 23.3 Å². The van der Waals surface area contributed by atoms with Crippen molar-refractivity contribution in [2.75, 3.05) is 0 Å². The molecule has 18 heavy (non-hydrogen) atoms. The minimum absolute atomic E-state index is 0.0454. The molecule has 0 unspecified atom stereocenters. The molecule has 0 atom stereocenters. The van der Waals surface area contributed by atoms with E-state index >= 15 is 0 Å². The average Bonchev–Trinajstić information content (AvgIpc) is 2.54. The third-order valence-corrected chi connectivity index (χ3v) is 3.29. The maximum absolute atomic E-state index is 12.5. The van der Waals surface area contributed by atoms with E-state index in [4.69, 9.17) is 5.73 Å². The van der Waals surface area contributed by atoms with Crippen molar-refractivity contribution in [1.29, 1.82) is 0 Å². The number of aliphatic carboxylic acids is 1. The molecule has 1 aliphatic rings. The van der Waals surface area contributed by atoms with Gasteiger partial charge in [-0.25, -0.2) is 0 Å². The third-order valence-electron chi connectivity index (χ3n) is 3.29. The summed E-state index contributed by atoms with van der Waals surface area (Å²) < 4.78 is 38.5. The van der Waals surface area contributed by atoms with Gasteiger partial charge in [-0.3, -0.25) is 9.48 Å². The fraction of sp³-hybridized carbons (Fsp3) is 0.600. The van der Waals surface area contributed by atoms with E-state index in [0.29, 0.717) is 0 Å². The van der Waals surface area contributed by atoms with Crippen LogP contribution in [0.4, 0.5) is 13.2 Å². The number of carboxylic acid groups (broad SMARTS) is 1. The van der Waals surface area contributed by atoms with Gasteiger partial charge in [0.1, 0.15) is 5.41 Å². The zero-order valence-corrected chi connectivity index (χ0v) is 9.53. The van der Waals surface area contributed by atoms with Gasteiger partial charge in [0.25, 0.3) is 0 Å². The first-order chi connectivity index (χ1) is 8.17. The summed E-state index contributed by atoms with van der Waals surface area (Å²) in [6, 6.07) is 0.491. The van der Waals surface area contributed by atoms with Crippen molar-refractivity contribution in [1.82, 2.24) is 9.78 Å². The second-order valence-electron chi connectivity index (χ2n) is 4.59. The van der Waals surface area contributed by atoms with Gasteiger partial charge in [0.15, 0.2) is 5.69 Å². The van der Waals surface area contributed by atoms with Crippen LogP contribution in [0.25, 0.3) is 0 Å². The molecule has 0 saturated heterocycles. The maximum atomic E-state index is 12.5. The zero-order valence-electron chi connectivity index (χ0n) is 9.53. The van der Waals surface area contributed by atoms with Crippen molar-refractivity contribution in [2.24, 2.45) is 12.8 Å². The highest BCUT2D eigenvalue weighted by Gasteiger charge is 2.53. The van der Waals surface area contributed by atoms with Crippen LogP contribution in [0.3, 0.4) is 0 Å². The summed E-state index contributed by atoms with van der Waals surface area (Å²) in [6.45, 7) is 0. The van der Waals surface area contributed by atoms with Gasteiger partial charge in [-0.2, -0.15) is 18.3 Å². The fourth-order valence-electron chi connectivity index (χ4n) is 2.38. The molecule has 1 aliphatic carbocycles. The number of aryl methyl sites for hydroxylation is 1. The largest absolute Gasteiger partial charge is 0.481 e. The van der Waals surface area contributed by atoms with Crippen LogP contribution in [0.1, 0.15) is 24.2 Å². The molecule has 0 amide bonds. The van der Waals surface area contributed by atoms with Crippen molar-refractivity contribution in [3.05, 3.63) is 17.5 Å². The Labute approximate surface area is 100 Å². The van der Waals surface area contributed by atoms with Crippen LogP contribution < -0.4 is 5.73 Å². The minimum Gasteiger partial charge on any atom is -0.481 e. The molecule has 0 aliphatic heterocycles. The summed E-state index contributed by atoms with van der Waals surface area (Å²) in [5, 5.41) is 12.5. The Morgan fingerprint density at radius 1 is 1.61 bits per heavy atom. The zero-order chi connectivity index (χ0) is 13.7. The highest BCUT2D eigenvalue weighted by Crippen LogP contribution is 2.44. The molecular formula is C10H12F3N3O2. The first kappa shape index (κ1) is 12.9. The van der Waals surface area contributed by atoms with E-state index in [2.05, 4.69) is 5.10 Å². The first-order valence-electron chi connectivity index (χ1n) is 5.27. The SMILES string of the molecule is Cn1nc(C(F)(F)F)cc1C1(C(=O)O)CC(N)C1. The van der Waals surface area contributed by atoms with Gasteiger partial charge >= 0.3 is 12.1 Å². The highest BCUT2D eigenvalue weighted by atomic mass is 19.4. The van der Waals surface area contributed by atoms with E-state index in [0.717, 1.165) is 10.7 Å². The molecule has 0 radical (unpaired) electrons. The number of nitrogens with zero attached hydrogens (tertiary/aromatic N) is 2. The summed E-state index contributed by atoms with van der Waals surface area (Å²) in [6.07, 6.45) is -4.33. The minimum atomic E-state index is -4.58. The van der Waals surface area contributed by atoms with E-state index in [-0.39, 0.29) is 24.6 Å². The second-order valence-corrected chi connectivity index (χ2v) is 4.59. The number of carboxylic acids is 1. The normalized spacial score (nSPS) is 27.9. The van der Waals surface area contributed by atoms with Crippen LogP contribution >= 0.6 is 0 Å². The number of nitrogens with two attached hydrogens (primary N) is 1. The predicted molar refractivity (Wildman–Crippen MR) is 54.7 cm³/mol. The molecule has 0 spiro atoms. The van der Waals surface area contributed by atoms with Crippen molar-refractivity contribution >= 4 is 5.97 Å². The van der Waals surface area contributed by atoms with Crippen LogP contribution in [0, 0.1) is 0 Å². The predicted octanol–water partition coefficient (Wildman–Crippen LogP) is 0.882. The summed E-state index contributed by atoms with van der Waals surface area (Å²) in [7, 11) is 1.30. The molecule has 2 rings (SSSR count). The number of alkyl halides is 3. The van der Waals surface area contributed by atoms with Crippen LogP contribution in [-0.4, -0.2) is 26.9 Å². The van der Waals surface area contributed by atoms with Crippen molar-refractivity contribution in [3.8, 4) is 0 Å². The van der Waals surface area contributed by atoms with Gasteiger partial charge in [0.05, 0.1) is 5.69 Å². The number of aromatic nitrogens is 2. The van der Waals surface area contributed by atoms with Gasteiger partial charge in [0, 0.05) is 13.1 Å². The number of hydrogen-bond donors (Lipinski definition) is 2. The summed E-state index contributed by atoms with van der Waals surface area (Å²) >= 11 is 0. The first-order valence-corrected chi connectivity index (χ1v) is 5.27. The molecule has 1 aromatic heterocycles. The number of halogens is 3. The Morgan fingerprint density at radius 3 is 2.50 bits per heavy atom. The van der Waals surface area contributed by atoms with E-state index in [1.165, 1.54) is 7.05 Å². The lowest BCUT2D eigenvalue weighted by atomic mass is 9.63. The van der Waals surface area contributed by atoms with Crippen molar-refractivity contribution < 1.29 is 23.1 Å². The van der Waals surface area contributed by atoms with E-state index in [1.807, 2.05) is 0 Å². The molecule has 8 heteroatoms. The van der Waals surface area contributed by atoms with Gasteiger partial charge in [0.2, 0.25) is 0 Å². The smallest absolute Gasteiger partial charge is 0.435 e. The average molecular weight is 263 g/mol. The molecule has 5 nitrogen and oxygen atoms in total. The molecular weight excluding hydrogens is 251 g/mol. The lowest BCUT2D eigenvalue weighted by Gasteiger charge is -2.42. The van der Waals surface area contributed by atoms with E-state index in [1.54, 1.807) is 0 Å². The van der Waals surface area contributed by atoms with Gasteiger partial charge < -0.3 is 10.8 Å². The van der Waals surface area contributed by atoms with Crippen molar-refractivity contribution in [2.45, 2.75) is 30.5 Å². The standard InChI is InChI=1S/C10H12F3N3O2/c1-16-7(2-6(15-16)10(11,12)13)9(8(17)18)3-5(14)4-9/h2,5H,3-4,14H2,1H3,(H,17,18). The molecule has 3 N–H and O–H groups in total. The third kappa shape index (κ3) is 1.76. The maximum Gasteiger partial charge on any atom is 0.435 e. The fourth-order valence-corrected chi connectivity index (χ4v) is 2.38. The molecule has 1 saturated carbocycles. The van der Waals surface area contributed by atoms with Crippen LogP contribution in [0.15, 0.2) is 6.07 Å². The molecule has 1 heterocycles. The Kier molecular flexibility index (Phi) is 2.65. The van der Waals surface area contributed by atoms with Gasteiger partial charge in [-0.15, -0.1) is 0 Å². The van der Waals surface area contributed by atoms with Crippen LogP contribution in [0.2, 0.25) is 0 Å². The molecule has 1 fully saturated rings. The Balaban J connectivity index is 2.45. The van der Waals surface area contributed by atoms with Crippen LogP contribution in [0.5, 0.6) is 0 Å². The second kappa shape index (κ2) is 3.71. The number of carbonyl (C=O) groups is 1. The van der Waals surface area contributed by atoms with Crippen LogP contribution in [-0.2, 0) is 23.4 Å². The lowest BCUT2D eigenvalue weighted by molar-refractivity contribution is -0.148. The van der Waals surface area contributed by atoms with Gasteiger partial charge in [-0.1, -0.05) is 0 Å². The van der Waals surface area contributed by atoms with Crippen molar-refractivity contribution in [3.63, 3.8) is 0 Å². The Bertz CT molecular complexity index is 489. The number of rotatable bonds is 2. The monoisotopic (exact) mass is 263 g/mol. The lowest BCUT2D eigenvalue weighted by Crippen LogP contribution is -2.55.